The van der Waals surface area contributed by atoms with Crippen LogP contribution < -0.4 is 0 Å². The summed E-state index contributed by atoms with van der Waals surface area (Å²) in [4.78, 5) is 24.5. The number of aryl methyl sites for hydroxylation is 1. The Morgan fingerprint density at radius 1 is 0.944 bits per heavy atom. The molecule has 2 aromatic carbocycles. The Morgan fingerprint density at radius 2 is 1.61 bits per heavy atom. The van der Waals surface area contributed by atoms with Crippen LogP contribution >= 0.6 is 11.8 Å². The molecule has 36 heavy (non-hydrogen) atoms. The second-order valence-corrected chi connectivity index (χ2v) is 10.5. The van der Waals surface area contributed by atoms with Gasteiger partial charge >= 0.3 is 5.97 Å². The van der Waals surface area contributed by atoms with E-state index in [2.05, 4.69) is 19.1 Å². The summed E-state index contributed by atoms with van der Waals surface area (Å²) in [7, 11) is 1.39. The first-order valence-corrected chi connectivity index (χ1v) is 14.2. The summed E-state index contributed by atoms with van der Waals surface area (Å²) in [6.45, 7) is 3.69. The van der Waals surface area contributed by atoms with Crippen molar-refractivity contribution in [2.45, 2.75) is 95.0 Å². The molecule has 0 saturated carbocycles. The molecule has 0 aliphatic rings. The average molecular weight is 515 g/mol. The molecule has 0 bridgehead atoms. The van der Waals surface area contributed by atoms with E-state index in [9.17, 15) is 19.8 Å². The number of aromatic hydroxyl groups is 1. The number of esters is 1. The van der Waals surface area contributed by atoms with Gasteiger partial charge in [-0.25, -0.2) is 0 Å². The minimum Gasteiger partial charge on any atom is -0.507 e. The average Bonchev–Trinajstić information content (AvgIpc) is 2.88. The third-order valence-corrected chi connectivity index (χ3v) is 7.73. The Morgan fingerprint density at radius 3 is 2.22 bits per heavy atom. The number of carbonyl (C=O) groups excluding carboxylic acids is 2. The predicted molar refractivity (Wildman–Crippen MR) is 147 cm³/mol. The molecular formula is C30H42O5S. The number of Topliss-reactive ketones (excluding diaryl/α,β-unsaturated/α-hetero) is 1. The van der Waals surface area contributed by atoms with Crippen molar-refractivity contribution in [2.75, 3.05) is 12.9 Å². The number of ether oxygens (including phenoxy) is 1. The zero-order valence-corrected chi connectivity index (χ0v) is 22.8. The van der Waals surface area contributed by atoms with Crippen LogP contribution in [0.2, 0.25) is 0 Å². The number of hydrogen-bond donors (Lipinski definition) is 2. The molecule has 0 amide bonds. The predicted octanol–water partition coefficient (Wildman–Crippen LogP) is 7.08. The van der Waals surface area contributed by atoms with Crippen molar-refractivity contribution in [3.8, 4) is 5.75 Å². The molecule has 0 spiro atoms. The van der Waals surface area contributed by atoms with Gasteiger partial charge in [0.1, 0.15) is 5.75 Å². The molecule has 0 radical (unpaired) electrons. The Hall–Kier alpha value is -2.31. The van der Waals surface area contributed by atoms with E-state index in [4.69, 9.17) is 4.74 Å². The number of phenols is 1. The van der Waals surface area contributed by atoms with Gasteiger partial charge in [0, 0.05) is 16.2 Å². The van der Waals surface area contributed by atoms with E-state index in [1.807, 2.05) is 12.1 Å². The van der Waals surface area contributed by atoms with Gasteiger partial charge in [0.05, 0.1) is 19.1 Å². The largest absolute Gasteiger partial charge is 0.507 e. The number of hydrogen-bond acceptors (Lipinski definition) is 6. The molecule has 0 aliphatic carbocycles. The lowest BCUT2D eigenvalue weighted by molar-refractivity contribution is -0.142. The molecular weight excluding hydrogens is 472 g/mol. The highest BCUT2D eigenvalue weighted by molar-refractivity contribution is 7.99. The molecule has 0 aromatic heterocycles. The third kappa shape index (κ3) is 10.4. The van der Waals surface area contributed by atoms with E-state index in [1.165, 1.54) is 82.4 Å². The molecule has 0 aliphatic heterocycles. The minimum atomic E-state index is -0.648. The molecule has 2 aromatic rings. The van der Waals surface area contributed by atoms with Crippen LogP contribution in [0.1, 0.15) is 99.0 Å². The minimum absolute atomic E-state index is 0.0314. The summed E-state index contributed by atoms with van der Waals surface area (Å²) in [5, 5.41) is 20.7. The van der Waals surface area contributed by atoms with Crippen molar-refractivity contribution in [1.82, 2.24) is 0 Å². The van der Waals surface area contributed by atoms with Gasteiger partial charge in [-0.3, -0.25) is 9.59 Å². The Bertz CT molecular complexity index is 941. The standard InChI is InChI=1S/C30H42O5S/c1-4-5-6-7-8-9-10-11-23-12-14-24(15-13-23)27(30(34)35-3)18-17-26(32)21-36-29-19-16-25(22(2)31)20-28(29)33/h12-16,19-20,26-27,32-33H,4-11,17-18,21H2,1-3H3. The zero-order valence-electron chi connectivity index (χ0n) is 22.0. The number of benzene rings is 2. The summed E-state index contributed by atoms with van der Waals surface area (Å²) in [6.07, 6.45) is 10.3. The van der Waals surface area contributed by atoms with Gasteiger partial charge in [-0.05, 0) is 55.9 Å². The summed E-state index contributed by atoms with van der Waals surface area (Å²) in [5.41, 5.74) is 2.64. The Balaban J connectivity index is 1.84. The third-order valence-electron chi connectivity index (χ3n) is 6.52. The number of aliphatic hydroxyl groups is 1. The summed E-state index contributed by atoms with van der Waals surface area (Å²) in [6, 6.07) is 13.0. The monoisotopic (exact) mass is 514 g/mol. The van der Waals surface area contributed by atoms with Crippen LogP contribution in [-0.2, 0) is 16.0 Å². The van der Waals surface area contributed by atoms with Crippen molar-refractivity contribution >= 4 is 23.5 Å². The summed E-state index contributed by atoms with van der Waals surface area (Å²) in [5.74, 6) is -0.429. The highest BCUT2D eigenvalue weighted by Gasteiger charge is 2.23. The topological polar surface area (TPSA) is 83.8 Å². The number of carbonyl (C=O) groups is 2. The first kappa shape index (κ1) is 29.9. The fraction of sp³-hybridized carbons (Fsp3) is 0.533. The van der Waals surface area contributed by atoms with Crippen LogP contribution in [0.4, 0.5) is 0 Å². The van der Waals surface area contributed by atoms with Gasteiger partial charge in [0.2, 0.25) is 0 Å². The molecule has 0 heterocycles. The van der Waals surface area contributed by atoms with Crippen molar-refractivity contribution in [3.05, 3.63) is 59.2 Å². The van der Waals surface area contributed by atoms with Gasteiger partial charge < -0.3 is 14.9 Å². The van der Waals surface area contributed by atoms with E-state index in [0.717, 1.165) is 12.0 Å². The van der Waals surface area contributed by atoms with Crippen LogP contribution in [0.25, 0.3) is 0 Å². The van der Waals surface area contributed by atoms with Gasteiger partial charge in [0.15, 0.2) is 5.78 Å². The second-order valence-electron chi connectivity index (χ2n) is 9.47. The number of ketones is 1. The van der Waals surface area contributed by atoms with Crippen LogP contribution in [0.3, 0.4) is 0 Å². The quantitative estimate of drug-likeness (QED) is 0.102. The Kier molecular flexibility index (Phi) is 13.7. The number of rotatable bonds is 17. The lowest BCUT2D eigenvalue weighted by Gasteiger charge is -2.18. The second kappa shape index (κ2) is 16.4. The number of thioether (sulfide) groups is 1. The molecule has 5 nitrogen and oxygen atoms in total. The van der Waals surface area contributed by atoms with Gasteiger partial charge in [-0.15, -0.1) is 11.8 Å². The molecule has 0 fully saturated rings. The lowest BCUT2D eigenvalue weighted by Crippen LogP contribution is -2.18. The maximum atomic E-state index is 12.5. The van der Waals surface area contributed by atoms with Gasteiger partial charge in [0.25, 0.3) is 0 Å². The van der Waals surface area contributed by atoms with Gasteiger partial charge in [-0.2, -0.15) is 0 Å². The zero-order chi connectivity index (χ0) is 26.3. The van der Waals surface area contributed by atoms with Crippen molar-refractivity contribution in [2.24, 2.45) is 0 Å². The SMILES string of the molecule is CCCCCCCCCc1ccc(C(CCC(O)CSc2ccc(C(C)=O)cc2O)C(=O)OC)cc1. The van der Waals surface area contributed by atoms with Gasteiger partial charge in [-0.1, -0.05) is 75.8 Å². The molecule has 2 atom stereocenters. The first-order chi connectivity index (χ1) is 17.3. The smallest absolute Gasteiger partial charge is 0.313 e. The molecule has 2 N–H and O–H groups in total. The first-order valence-electron chi connectivity index (χ1n) is 13.2. The Labute approximate surface area is 220 Å². The van der Waals surface area contributed by atoms with Crippen molar-refractivity contribution in [3.63, 3.8) is 0 Å². The van der Waals surface area contributed by atoms with E-state index in [1.54, 1.807) is 12.1 Å². The lowest BCUT2D eigenvalue weighted by atomic mass is 9.92. The number of methoxy groups -OCH3 is 1. The van der Waals surface area contributed by atoms with Crippen LogP contribution in [0.15, 0.2) is 47.4 Å². The molecule has 6 heteroatoms. The van der Waals surface area contributed by atoms with E-state index < -0.39 is 12.0 Å². The number of aliphatic hydroxyl groups excluding tert-OH is 1. The van der Waals surface area contributed by atoms with Crippen LogP contribution in [0.5, 0.6) is 5.75 Å². The molecule has 2 rings (SSSR count). The maximum Gasteiger partial charge on any atom is 0.313 e. The fourth-order valence-corrected chi connectivity index (χ4v) is 5.16. The van der Waals surface area contributed by atoms with Crippen molar-refractivity contribution in [1.29, 1.82) is 0 Å². The van der Waals surface area contributed by atoms with Crippen LogP contribution in [-0.4, -0.2) is 40.9 Å². The highest BCUT2D eigenvalue weighted by atomic mass is 32.2. The number of unbranched alkanes of at least 4 members (excludes halogenated alkanes) is 6. The molecule has 198 valence electrons. The van der Waals surface area contributed by atoms with Crippen LogP contribution in [0, 0.1) is 0 Å². The normalized spacial score (nSPS) is 12.8. The van der Waals surface area contributed by atoms with Crippen molar-refractivity contribution < 1.29 is 24.5 Å². The summed E-state index contributed by atoms with van der Waals surface area (Å²) >= 11 is 1.33. The molecule has 2 unspecified atom stereocenters. The molecule has 0 saturated heterocycles. The van der Waals surface area contributed by atoms with E-state index >= 15 is 0 Å². The summed E-state index contributed by atoms with van der Waals surface area (Å²) < 4.78 is 5.04. The fourth-order valence-electron chi connectivity index (χ4n) is 4.25. The van der Waals surface area contributed by atoms with E-state index in [0.29, 0.717) is 29.1 Å². The maximum absolute atomic E-state index is 12.5. The highest BCUT2D eigenvalue weighted by Crippen LogP contribution is 2.31. The van der Waals surface area contributed by atoms with E-state index in [-0.39, 0.29) is 17.5 Å². The number of phenolic OH excluding ortho intramolecular Hbond substituents is 1.